The number of hydrogen-bond acceptors (Lipinski definition) is 9. The Labute approximate surface area is 179 Å². The van der Waals surface area contributed by atoms with Crippen molar-refractivity contribution in [3.8, 4) is 6.07 Å². The van der Waals surface area contributed by atoms with Gasteiger partial charge in [-0.2, -0.15) is 10.4 Å². The van der Waals surface area contributed by atoms with Gasteiger partial charge >= 0.3 is 5.97 Å². The molecule has 0 radical (unpaired) electrons. The first-order valence-electron chi connectivity index (χ1n) is 9.64. The Bertz CT molecular complexity index is 1080. The summed E-state index contributed by atoms with van der Waals surface area (Å²) in [5.74, 6) is 0.0112. The summed E-state index contributed by atoms with van der Waals surface area (Å²) < 4.78 is 4.54. The lowest BCUT2D eigenvalue weighted by Crippen LogP contribution is -2.47. The maximum absolute atomic E-state index is 11.6. The predicted molar refractivity (Wildman–Crippen MR) is 115 cm³/mol. The van der Waals surface area contributed by atoms with Gasteiger partial charge in [-0.3, -0.25) is 10.1 Å². The van der Waals surface area contributed by atoms with E-state index in [1.54, 1.807) is 12.1 Å². The van der Waals surface area contributed by atoms with Crippen LogP contribution in [0, 0.1) is 35.3 Å². The van der Waals surface area contributed by atoms with Crippen LogP contribution in [0.1, 0.15) is 22.4 Å². The topological polar surface area (TPSA) is 125 Å². The SMILES string of the molecule is COC(=O)C=Cc1ccc(N2CCN(c3nnc(C)c(C)c3C#N)CC2)c([N+](=O)[O-])c1. The van der Waals surface area contributed by atoms with Crippen molar-refractivity contribution < 1.29 is 14.5 Å². The van der Waals surface area contributed by atoms with Crippen molar-refractivity contribution >= 4 is 29.2 Å². The van der Waals surface area contributed by atoms with E-state index in [2.05, 4.69) is 21.0 Å². The van der Waals surface area contributed by atoms with Gasteiger partial charge in [0.1, 0.15) is 17.3 Å². The lowest BCUT2D eigenvalue weighted by Gasteiger charge is -2.36. The minimum Gasteiger partial charge on any atom is -0.466 e. The minimum atomic E-state index is -0.533. The number of carbonyl (C=O) groups is 1. The third-order valence-electron chi connectivity index (χ3n) is 5.28. The number of benzene rings is 1. The molecule has 0 bridgehead atoms. The first-order valence-corrected chi connectivity index (χ1v) is 9.64. The lowest BCUT2D eigenvalue weighted by molar-refractivity contribution is -0.384. The first kappa shape index (κ1) is 21.7. The van der Waals surface area contributed by atoms with Gasteiger partial charge in [0, 0.05) is 38.3 Å². The molecule has 0 saturated carbocycles. The summed E-state index contributed by atoms with van der Waals surface area (Å²) in [4.78, 5) is 26.4. The number of esters is 1. The maximum Gasteiger partial charge on any atom is 0.330 e. The van der Waals surface area contributed by atoms with Crippen molar-refractivity contribution in [1.82, 2.24) is 10.2 Å². The van der Waals surface area contributed by atoms with Crippen molar-refractivity contribution in [1.29, 1.82) is 5.26 Å². The van der Waals surface area contributed by atoms with E-state index >= 15 is 0 Å². The molecule has 3 rings (SSSR count). The van der Waals surface area contributed by atoms with Gasteiger partial charge in [-0.15, -0.1) is 5.10 Å². The van der Waals surface area contributed by atoms with E-state index in [0.717, 1.165) is 11.3 Å². The highest BCUT2D eigenvalue weighted by Crippen LogP contribution is 2.31. The summed E-state index contributed by atoms with van der Waals surface area (Å²) >= 11 is 0. The van der Waals surface area contributed by atoms with Gasteiger partial charge in [-0.25, -0.2) is 4.79 Å². The summed E-state index contributed by atoms with van der Waals surface area (Å²) in [5.41, 5.74) is 3.03. The van der Waals surface area contributed by atoms with Gasteiger partial charge < -0.3 is 14.5 Å². The molecule has 0 N–H and O–H groups in total. The van der Waals surface area contributed by atoms with Crippen LogP contribution in [0.2, 0.25) is 0 Å². The molecular weight excluding hydrogens is 400 g/mol. The highest BCUT2D eigenvalue weighted by molar-refractivity contribution is 5.87. The van der Waals surface area contributed by atoms with Crippen molar-refractivity contribution in [2.24, 2.45) is 0 Å². The summed E-state index contributed by atoms with van der Waals surface area (Å²) in [6.45, 7) is 5.81. The van der Waals surface area contributed by atoms with Crippen LogP contribution in [0.4, 0.5) is 17.2 Å². The van der Waals surface area contributed by atoms with Gasteiger partial charge in [0.05, 0.1) is 17.7 Å². The summed E-state index contributed by atoms with van der Waals surface area (Å²) in [7, 11) is 1.26. The van der Waals surface area contributed by atoms with Crippen LogP contribution in [-0.2, 0) is 9.53 Å². The Morgan fingerprint density at radius 2 is 1.90 bits per heavy atom. The van der Waals surface area contributed by atoms with E-state index in [1.807, 2.05) is 23.6 Å². The zero-order valence-electron chi connectivity index (χ0n) is 17.5. The van der Waals surface area contributed by atoms with Crippen molar-refractivity contribution in [3.63, 3.8) is 0 Å². The number of hydrogen-bond donors (Lipinski definition) is 0. The molecule has 1 aliphatic heterocycles. The molecule has 10 heteroatoms. The number of nitro benzene ring substituents is 1. The molecule has 0 aliphatic carbocycles. The highest BCUT2D eigenvalue weighted by atomic mass is 16.6. The monoisotopic (exact) mass is 422 g/mol. The average molecular weight is 422 g/mol. The second-order valence-electron chi connectivity index (χ2n) is 7.06. The van der Waals surface area contributed by atoms with E-state index in [-0.39, 0.29) is 5.69 Å². The van der Waals surface area contributed by atoms with Crippen molar-refractivity contribution in [3.05, 3.63) is 56.8 Å². The number of aromatic nitrogens is 2. The van der Waals surface area contributed by atoms with E-state index in [9.17, 15) is 20.2 Å². The molecule has 0 atom stereocenters. The molecule has 0 amide bonds. The van der Waals surface area contributed by atoms with E-state index in [1.165, 1.54) is 25.3 Å². The molecule has 1 fully saturated rings. The second-order valence-corrected chi connectivity index (χ2v) is 7.06. The fourth-order valence-corrected chi connectivity index (χ4v) is 3.40. The molecule has 160 valence electrons. The standard InChI is InChI=1S/C21H22N6O4/c1-14-15(2)23-24-21(17(14)13-22)26-10-8-25(9-11-26)18-6-4-16(5-7-20(28)31-3)12-19(18)27(29)30/h4-7,12H,8-11H2,1-3H3. The number of ether oxygens (including phenoxy) is 1. The van der Waals surface area contributed by atoms with Crippen LogP contribution in [0.15, 0.2) is 24.3 Å². The predicted octanol–water partition coefficient (Wildman–Crippen LogP) is 2.39. The number of aryl methyl sites for hydroxylation is 1. The van der Waals surface area contributed by atoms with Gasteiger partial charge in [-0.05, 0) is 37.1 Å². The summed E-state index contributed by atoms with van der Waals surface area (Å²) in [5, 5.41) is 29.5. The van der Waals surface area contributed by atoms with Crippen molar-refractivity contribution in [2.45, 2.75) is 13.8 Å². The van der Waals surface area contributed by atoms with Crippen LogP contribution in [-0.4, -0.2) is 54.4 Å². The molecule has 2 heterocycles. The molecule has 2 aromatic rings. The van der Waals surface area contributed by atoms with Gasteiger partial charge in [0.15, 0.2) is 5.82 Å². The Morgan fingerprint density at radius 1 is 1.23 bits per heavy atom. The number of piperazine rings is 1. The summed E-state index contributed by atoms with van der Waals surface area (Å²) in [6, 6.07) is 7.05. The van der Waals surface area contributed by atoms with Gasteiger partial charge in [-0.1, -0.05) is 6.07 Å². The maximum atomic E-state index is 11.6. The van der Waals surface area contributed by atoms with Crippen LogP contribution < -0.4 is 9.80 Å². The Morgan fingerprint density at radius 3 is 2.52 bits per heavy atom. The highest BCUT2D eigenvalue weighted by Gasteiger charge is 2.26. The van der Waals surface area contributed by atoms with Gasteiger partial charge in [0.2, 0.25) is 0 Å². The molecular formula is C21H22N6O4. The first-order chi connectivity index (χ1) is 14.8. The quantitative estimate of drug-likeness (QED) is 0.309. The molecule has 1 aromatic heterocycles. The number of rotatable bonds is 5. The number of nitro groups is 1. The van der Waals surface area contributed by atoms with Crippen LogP contribution >= 0.6 is 0 Å². The largest absolute Gasteiger partial charge is 0.466 e. The molecule has 0 spiro atoms. The zero-order valence-corrected chi connectivity index (χ0v) is 17.5. The zero-order chi connectivity index (χ0) is 22.5. The van der Waals surface area contributed by atoms with Crippen LogP contribution in [0.25, 0.3) is 6.08 Å². The summed E-state index contributed by atoms with van der Waals surface area (Å²) in [6.07, 6.45) is 2.69. The fourth-order valence-electron chi connectivity index (χ4n) is 3.40. The van der Waals surface area contributed by atoms with E-state index in [0.29, 0.717) is 48.8 Å². The van der Waals surface area contributed by atoms with Crippen LogP contribution in [0.3, 0.4) is 0 Å². The Balaban J connectivity index is 1.80. The average Bonchev–Trinajstić information content (AvgIpc) is 2.79. The van der Waals surface area contributed by atoms with Gasteiger partial charge in [0.25, 0.3) is 5.69 Å². The number of methoxy groups -OCH3 is 1. The molecule has 1 aliphatic rings. The molecule has 0 unspecified atom stereocenters. The fraction of sp³-hybridized carbons (Fsp3) is 0.333. The third-order valence-corrected chi connectivity index (χ3v) is 5.28. The normalized spacial score (nSPS) is 13.9. The number of carbonyl (C=O) groups excluding carboxylic acids is 1. The Hall–Kier alpha value is -4.00. The number of nitriles is 1. The Kier molecular flexibility index (Phi) is 6.45. The molecule has 1 aromatic carbocycles. The molecule has 10 nitrogen and oxygen atoms in total. The third kappa shape index (κ3) is 4.61. The second kappa shape index (κ2) is 9.21. The van der Waals surface area contributed by atoms with E-state index < -0.39 is 10.9 Å². The molecule has 1 saturated heterocycles. The van der Waals surface area contributed by atoms with E-state index in [4.69, 9.17) is 0 Å². The molecule has 31 heavy (non-hydrogen) atoms. The van der Waals surface area contributed by atoms with Crippen molar-refractivity contribution in [2.75, 3.05) is 43.1 Å². The minimum absolute atomic E-state index is 0.0378. The number of nitrogens with zero attached hydrogens (tertiary/aromatic N) is 6. The lowest BCUT2D eigenvalue weighted by atomic mass is 10.1. The smallest absolute Gasteiger partial charge is 0.330 e. The number of anilines is 2. The van der Waals surface area contributed by atoms with Crippen LogP contribution in [0.5, 0.6) is 0 Å².